The second-order valence-electron chi connectivity index (χ2n) is 5.41. The molecule has 0 radical (unpaired) electrons. The normalized spacial score (nSPS) is 16.2. The molecule has 0 unspecified atom stereocenters. The Morgan fingerprint density at radius 2 is 1.87 bits per heavy atom. The van der Waals surface area contributed by atoms with E-state index >= 15 is 0 Å². The van der Waals surface area contributed by atoms with Gasteiger partial charge in [0.1, 0.15) is 11.3 Å². The second kappa shape index (κ2) is 7.89. The van der Waals surface area contributed by atoms with Crippen LogP contribution in [0.2, 0.25) is 0 Å². The fourth-order valence-corrected chi connectivity index (χ4v) is 2.50. The molecule has 1 aromatic rings. The SMILES string of the molecule is C[C@@H](OC(=O)c1ccccc1OC(F)F)C(=O)NC1CCCC1. The van der Waals surface area contributed by atoms with Crippen LogP contribution in [-0.2, 0) is 9.53 Å². The predicted octanol–water partition coefficient (Wildman–Crippen LogP) is 2.89. The lowest BCUT2D eigenvalue weighted by atomic mass is 10.2. The average molecular weight is 327 g/mol. The number of para-hydroxylation sites is 1. The summed E-state index contributed by atoms with van der Waals surface area (Å²) in [6.45, 7) is -1.61. The van der Waals surface area contributed by atoms with E-state index in [0.29, 0.717) is 0 Å². The number of ether oxygens (including phenoxy) is 2. The number of esters is 1. The van der Waals surface area contributed by atoms with E-state index in [9.17, 15) is 18.4 Å². The van der Waals surface area contributed by atoms with Gasteiger partial charge in [0.2, 0.25) is 0 Å². The quantitative estimate of drug-likeness (QED) is 0.816. The summed E-state index contributed by atoms with van der Waals surface area (Å²) in [4.78, 5) is 24.1. The average Bonchev–Trinajstić information content (AvgIpc) is 2.99. The van der Waals surface area contributed by atoms with Crippen LogP contribution in [0.1, 0.15) is 43.0 Å². The lowest BCUT2D eigenvalue weighted by Crippen LogP contribution is -2.40. The number of carbonyl (C=O) groups is 2. The Kier molecular flexibility index (Phi) is 5.90. The summed E-state index contributed by atoms with van der Waals surface area (Å²) in [5.74, 6) is -1.55. The largest absolute Gasteiger partial charge is 0.449 e. The maximum atomic E-state index is 12.3. The summed E-state index contributed by atoms with van der Waals surface area (Å²) in [6.07, 6.45) is 2.95. The van der Waals surface area contributed by atoms with Gasteiger partial charge in [0, 0.05) is 6.04 Å². The van der Waals surface area contributed by atoms with Crippen LogP contribution in [0.4, 0.5) is 8.78 Å². The second-order valence-corrected chi connectivity index (χ2v) is 5.41. The zero-order chi connectivity index (χ0) is 16.8. The van der Waals surface area contributed by atoms with Crippen molar-refractivity contribution in [2.24, 2.45) is 0 Å². The van der Waals surface area contributed by atoms with E-state index in [1.807, 2.05) is 0 Å². The van der Waals surface area contributed by atoms with Crippen molar-refractivity contribution in [3.63, 3.8) is 0 Å². The van der Waals surface area contributed by atoms with Crippen LogP contribution in [-0.4, -0.2) is 30.6 Å². The molecule has 0 saturated heterocycles. The number of hydrogen-bond acceptors (Lipinski definition) is 4. The molecule has 1 aliphatic rings. The van der Waals surface area contributed by atoms with Crippen LogP contribution < -0.4 is 10.1 Å². The summed E-state index contributed by atoms with van der Waals surface area (Å²) in [5.41, 5.74) is -0.145. The van der Waals surface area contributed by atoms with Crippen LogP contribution in [0.25, 0.3) is 0 Å². The molecule has 0 bridgehead atoms. The molecule has 0 spiro atoms. The number of alkyl halides is 2. The van der Waals surface area contributed by atoms with E-state index < -0.39 is 24.6 Å². The van der Waals surface area contributed by atoms with E-state index in [1.165, 1.54) is 31.2 Å². The Morgan fingerprint density at radius 1 is 1.22 bits per heavy atom. The van der Waals surface area contributed by atoms with Gasteiger partial charge in [-0.15, -0.1) is 0 Å². The number of benzene rings is 1. The number of hydrogen-bond donors (Lipinski definition) is 1. The minimum atomic E-state index is -3.05. The molecule has 5 nitrogen and oxygen atoms in total. The third-order valence-electron chi connectivity index (χ3n) is 3.68. The Hall–Kier alpha value is -2.18. The Balaban J connectivity index is 1.96. The molecule has 1 atom stereocenters. The highest BCUT2D eigenvalue weighted by atomic mass is 19.3. The van der Waals surface area contributed by atoms with Gasteiger partial charge in [0.15, 0.2) is 6.10 Å². The number of rotatable bonds is 6. The van der Waals surface area contributed by atoms with Crippen molar-refractivity contribution in [3.05, 3.63) is 29.8 Å². The van der Waals surface area contributed by atoms with Gasteiger partial charge in [-0.1, -0.05) is 25.0 Å². The van der Waals surface area contributed by atoms with E-state index in [2.05, 4.69) is 10.1 Å². The molecular weight excluding hydrogens is 308 g/mol. The standard InChI is InChI=1S/C16H19F2NO4/c1-10(14(20)19-11-6-2-3-7-11)22-15(21)12-8-4-5-9-13(12)23-16(17)18/h4-5,8-11,16H,2-3,6-7H2,1H3,(H,19,20)/t10-/m1/s1. The molecule has 0 aromatic heterocycles. The molecule has 23 heavy (non-hydrogen) atoms. The Bertz CT molecular complexity index is 559. The van der Waals surface area contributed by atoms with Crippen molar-refractivity contribution in [3.8, 4) is 5.75 Å². The summed E-state index contributed by atoms with van der Waals surface area (Å²) >= 11 is 0. The van der Waals surface area contributed by atoms with Gasteiger partial charge >= 0.3 is 12.6 Å². The number of amides is 1. The molecular formula is C16H19F2NO4. The van der Waals surface area contributed by atoms with Crippen LogP contribution in [0, 0.1) is 0 Å². The first-order valence-electron chi connectivity index (χ1n) is 7.52. The number of carbonyl (C=O) groups excluding carboxylic acids is 2. The van der Waals surface area contributed by atoms with Crippen molar-refractivity contribution in [2.45, 2.75) is 51.4 Å². The molecule has 1 N–H and O–H groups in total. The van der Waals surface area contributed by atoms with Crippen molar-refractivity contribution < 1.29 is 27.8 Å². The van der Waals surface area contributed by atoms with Crippen LogP contribution in [0.15, 0.2) is 24.3 Å². The zero-order valence-corrected chi connectivity index (χ0v) is 12.8. The smallest absolute Gasteiger partial charge is 0.387 e. The van der Waals surface area contributed by atoms with Crippen molar-refractivity contribution in [1.82, 2.24) is 5.32 Å². The number of nitrogens with one attached hydrogen (secondary N) is 1. The minimum Gasteiger partial charge on any atom is -0.449 e. The Morgan fingerprint density at radius 3 is 2.52 bits per heavy atom. The fraction of sp³-hybridized carbons (Fsp3) is 0.500. The van der Waals surface area contributed by atoms with Gasteiger partial charge in [0.25, 0.3) is 5.91 Å². The van der Waals surface area contributed by atoms with E-state index in [4.69, 9.17) is 4.74 Å². The topological polar surface area (TPSA) is 64.6 Å². The molecule has 1 fully saturated rings. The molecule has 0 aliphatic heterocycles. The molecule has 1 aromatic carbocycles. The first-order valence-corrected chi connectivity index (χ1v) is 7.52. The summed E-state index contributed by atoms with van der Waals surface area (Å²) in [6, 6.07) is 5.62. The van der Waals surface area contributed by atoms with Gasteiger partial charge in [0.05, 0.1) is 0 Å². The van der Waals surface area contributed by atoms with Crippen LogP contribution in [0.3, 0.4) is 0 Å². The van der Waals surface area contributed by atoms with Gasteiger partial charge in [-0.25, -0.2) is 4.79 Å². The summed E-state index contributed by atoms with van der Waals surface area (Å²) in [7, 11) is 0. The van der Waals surface area contributed by atoms with Gasteiger partial charge in [-0.3, -0.25) is 4.79 Å². The number of halogens is 2. The highest BCUT2D eigenvalue weighted by Crippen LogP contribution is 2.22. The molecule has 0 heterocycles. The Labute approximate surface area is 133 Å². The van der Waals surface area contributed by atoms with Gasteiger partial charge < -0.3 is 14.8 Å². The van der Waals surface area contributed by atoms with Crippen molar-refractivity contribution >= 4 is 11.9 Å². The molecule has 126 valence electrons. The van der Waals surface area contributed by atoms with Gasteiger partial charge in [-0.2, -0.15) is 8.78 Å². The molecule has 7 heteroatoms. The maximum absolute atomic E-state index is 12.3. The first-order chi connectivity index (χ1) is 11.0. The molecule has 2 rings (SSSR count). The zero-order valence-electron chi connectivity index (χ0n) is 12.8. The van der Waals surface area contributed by atoms with Crippen molar-refractivity contribution in [1.29, 1.82) is 0 Å². The molecule has 1 amide bonds. The summed E-state index contributed by atoms with van der Waals surface area (Å²) < 4.78 is 34.0. The third-order valence-corrected chi connectivity index (χ3v) is 3.68. The maximum Gasteiger partial charge on any atom is 0.387 e. The lowest BCUT2D eigenvalue weighted by molar-refractivity contribution is -0.129. The van der Waals surface area contributed by atoms with Gasteiger partial charge in [-0.05, 0) is 31.9 Å². The first kappa shape index (κ1) is 17.2. The van der Waals surface area contributed by atoms with E-state index in [-0.39, 0.29) is 17.4 Å². The molecule has 1 aliphatic carbocycles. The van der Waals surface area contributed by atoms with E-state index in [0.717, 1.165) is 25.7 Å². The van der Waals surface area contributed by atoms with Crippen LogP contribution in [0.5, 0.6) is 5.75 Å². The minimum absolute atomic E-state index is 0.109. The third kappa shape index (κ3) is 4.91. The van der Waals surface area contributed by atoms with Crippen LogP contribution >= 0.6 is 0 Å². The highest BCUT2D eigenvalue weighted by molar-refractivity contribution is 5.94. The van der Waals surface area contributed by atoms with Crippen molar-refractivity contribution in [2.75, 3.05) is 0 Å². The highest BCUT2D eigenvalue weighted by Gasteiger charge is 2.25. The monoisotopic (exact) mass is 327 g/mol. The molecule has 1 saturated carbocycles. The fourth-order valence-electron chi connectivity index (χ4n) is 2.50. The van der Waals surface area contributed by atoms with E-state index in [1.54, 1.807) is 0 Å². The predicted molar refractivity (Wildman–Crippen MR) is 78.4 cm³/mol. The summed E-state index contributed by atoms with van der Waals surface area (Å²) in [5, 5.41) is 2.81. The lowest BCUT2D eigenvalue weighted by Gasteiger charge is -2.17.